The van der Waals surface area contributed by atoms with Crippen LogP contribution < -0.4 is 15.4 Å². The number of alkyl carbamates (subject to hydrolysis) is 2. The third-order valence-corrected chi connectivity index (χ3v) is 13.0. The van der Waals surface area contributed by atoms with Gasteiger partial charge in [-0.2, -0.15) is 0 Å². The third kappa shape index (κ3) is 7.87. The SMILES string of the molecule is COC(=O)N[C@@H](C(=O)N1CCCC1C1=NC=C(c2ccc3c(c2)OCn2c-3cc3cc(-c4cnc([C@@H]5CCCN5C(=O)[C@H](NC(=O)OC)c5ccccc5)[nH]4)ccc32)C1)c1ccccc1. The van der Waals surface area contributed by atoms with Crippen LogP contribution in [0.3, 0.4) is 0 Å². The maximum atomic E-state index is 14.0. The average Bonchev–Trinajstić information content (AvgIpc) is 4.21. The molecule has 10 rings (SSSR count). The Morgan fingerprint density at radius 2 is 1.38 bits per heavy atom. The van der Waals surface area contributed by atoms with Crippen LogP contribution in [0, 0.1) is 0 Å². The monoisotopic (exact) mass is 872 g/mol. The number of amides is 4. The number of aliphatic imine (C=N–C) groups is 1. The summed E-state index contributed by atoms with van der Waals surface area (Å²) in [5.41, 5.74) is 9.22. The lowest BCUT2D eigenvalue weighted by Crippen LogP contribution is -2.47. The Bertz CT molecular complexity index is 2870. The highest BCUT2D eigenvalue weighted by atomic mass is 16.5. The Balaban J connectivity index is 0.836. The van der Waals surface area contributed by atoms with Crippen molar-refractivity contribution in [3.05, 3.63) is 138 Å². The molecule has 4 aliphatic rings. The van der Waals surface area contributed by atoms with Crippen LogP contribution in [-0.2, 0) is 25.8 Å². The number of ether oxygens (including phenoxy) is 3. The number of carbonyl (C=O) groups is 4. The molecule has 2 saturated heterocycles. The maximum absolute atomic E-state index is 14.0. The number of benzene rings is 4. The molecule has 0 saturated carbocycles. The fourth-order valence-electron chi connectivity index (χ4n) is 9.71. The Kier molecular flexibility index (Phi) is 11.1. The number of hydrogen-bond donors (Lipinski definition) is 3. The molecule has 0 spiro atoms. The van der Waals surface area contributed by atoms with Crippen molar-refractivity contribution in [3.63, 3.8) is 0 Å². The molecule has 65 heavy (non-hydrogen) atoms. The fourth-order valence-corrected chi connectivity index (χ4v) is 9.71. The number of nitrogens with one attached hydrogen (secondary N) is 3. The number of fused-ring (bicyclic) bond motifs is 5. The molecule has 15 heteroatoms. The van der Waals surface area contributed by atoms with E-state index in [9.17, 15) is 19.2 Å². The van der Waals surface area contributed by atoms with E-state index in [-0.39, 0.29) is 23.9 Å². The van der Waals surface area contributed by atoms with Gasteiger partial charge in [0.15, 0.2) is 6.73 Å². The first-order valence-electron chi connectivity index (χ1n) is 21.9. The molecule has 2 fully saturated rings. The molecule has 3 N–H and O–H groups in total. The number of aromatic amines is 1. The molecule has 6 heterocycles. The normalized spacial score (nSPS) is 18.5. The highest BCUT2D eigenvalue weighted by molar-refractivity contribution is 6.04. The first kappa shape index (κ1) is 41.3. The quantitative estimate of drug-likeness (QED) is 0.124. The molecule has 4 aromatic carbocycles. The van der Waals surface area contributed by atoms with Crippen LogP contribution in [-0.4, -0.2) is 87.4 Å². The number of carbonyl (C=O) groups excluding carboxylic acids is 4. The highest BCUT2D eigenvalue weighted by Crippen LogP contribution is 2.42. The maximum Gasteiger partial charge on any atom is 0.407 e. The van der Waals surface area contributed by atoms with E-state index in [1.54, 1.807) is 4.90 Å². The van der Waals surface area contributed by atoms with Gasteiger partial charge in [-0.3, -0.25) is 14.6 Å². The zero-order chi connectivity index (χ0) is 44.6. The number of H-pyrrole nitrogens is 1. The zero-order valence-electron chi connectivity index (χ0n) is 36.0. The summed E-state index contributed by atoms with van der Waals surface area (Å²) in [4.78, 5) is 69.4. The van der Waals surface area contributed by atoms with Crippen LogP contribution in [0.1, 0.15) is 72.7 Å². The summed E-state index contributed by atoms with van der Waals surface area (Å²) in [6, 6.07) is 30.9. The number of imidazole rings is 1. The lowest BCUT2D eigenvalue weighted by atomic mass is 9.96. The second kappa shape index (κ2) is 17.5. The van der Waals surface area contributed by atoms with Crippen LogP contribution in [0.15, 0.2) is 121 Å². The number of allylic oxidation sites excluding steroid dienone is 1. The summed E-state index contributed by atoms with van der Waals surface area (Å²) >= 11 is 0. The number of aromatic nitrogens is 3. The number of hydrogen-bond acceptors (Lipinski definition) is 9. The predicted molar refractivity (Wildman–Crippen MR) is 243 cm³/mol. The summed E-state index contributed by atoms with van der Waals surface area (Å²) < 4.78 is 18.3. The van der Waals surface area contributed by atoms with Gasteiger partial charge in [0.25, 0.3) is 5.91 Å². The Morgan fingerprint density at radius 1 is 0.754 bits per heavy atom. The second-order valence-corrected chi connectivity index (χ2v) is 16.7. The standard InChI is InChI=1S/C50H48N8O7/c1-63-49(61)54-44(30-11-5-3-6-12-30)47(59)56-21-9-15-40(56)37-24-35(27-51-37)32-17-19-36-42-25-34-23-33(18-20-39(34)58(42)29-65-43(36)26-32)38-28-52-46(53-38)41-16-10-22-57(41)48(60)45(55-50(62)64-2)31-13-7-4-8-14-31/h3-8,11-14,17-20,23,25-28,40-41,44-45H,9-10,15-16,21-22,24,29H2,1-2H3,(H,52,53)(H,54,61)(H,55,62)/t40?,41-,44+,45+/m0/s1. The van der Waals surface area contributed by atoms with Crippen LogP contribution in [0.2, 0.25) is 0 Å². The lowest BCUT2D eigenvalue weighted by Gasteiger charge is -2.29. The summed E-state index contributed by atoms with van der Waals surface area (Å²) in [7, 11) is 2.57. The van der Waals surface area contributed by atoms with Gasteiger partial charge in [0.1, 0.15) is 23.7 Å². The van der Waals surface area contributed by atoms with Crippen molar-refractivity contribution >= 4 is 46.2 Å². The first-order chi connectivity index (χ1) is 31.8. The van der Waals surface area contributed by atoms with Crippen LogP contribution in [0.25, 0.3) is 39.0 Å². The van der Waals surface area contributed by atoms with Crippen LogP contribution in [0.5, 0.6) is 5.75 Å². The molecule has 4 amide bonds. The van der Waals surface area contributed by atoms with E-state index in [2.05, 4.69) is 62.6 Å². The second-order valence-electron chi connectivity index (χ2n) is 16.7. The van der Waals surface area contributed by atoms with Gasteiger partial charge in [-0.25, -0.2) is 14.6 Å². The summed E-state index contributed by atoms with van der Waals surface area (Å²) in [5.74, 6) is 1.08. The Labute approximate surface area is 375 Å². The average molecular weight is 873 g/mol. The van der Waals surface area contributed by atoms with Crippen molar-refractivity contribution in [2.45, 2.75) is 63.0 Å². The van der Waals surface area contributed by atoms with Crippen molar-refractivity contribution in [3.8, 4) is 28.3 Å². The van der Waals surface area contributed by atoms with Gasteiger partial charge >= 0.3 is 12.2 Å². The topological polar surface area (TPSA) is 172 Å². The van der Waals surface area contributed by atoms with E-state index >= 15 is 0 Å². The van der Waals surface area contributed by atoms with Crippen molar-refractivity contribution < 1.29 is 33.4 Å². The number of rotatable bonds is 10. The molecule has 0 aliphatic carbocycles. The molecule has 0 radical (unpaired) electrons. The summed E-state index contributed by atoms with van der Waals surface area (Å²) in [5, 5.41) is 6.52. The van der Waals surface area contributed by atoms with E-state index in [1.807, 2.05) is 78.0 Å². The molecule has 1 unspecified atom stereocenters. The molecular weight excluding hydrogens is 825 g/mol. The van der Waals surface area contributed by atoms with Gasteiger partial charge in [0.05, 0.1) is 49.4 Å². The minimum atomic E-state index is -0.893. The van der Waals surface area contributed by atoms with E-state index < -0.39 is 24.3 Å². The largest absolute Gasteiger partial charge is 0.472 e. The van der Waals surface area contributed by atoms with Crippen LogP contribution >= 0.6 is 0 Å². The van der Waals surface area contributed by atoms with Crippen LogP contribution in [0.4, 0.5) is 9.59 Å². The highest BCUT2D eigenvalue weighted by Gasteiger charge is 2.39. The molecule has 330 valence electrons. The smallest absolute Gasteiger partial charge is 0.407 e. The molecule has 15 nitrogen and oxygen atoms in total. The van der Waals surface area contributed by atoms with E-state index in [0.29, 0.717) is 43.2 Å². The Hall–Kier alpha value is -7.68. The number of methoxy groups -OCH3 is 2. The van der Waals surface area contributed by atoms with Crippen molar-refractivity contribution in [2.75, 3.05) is 27.3 Å². The van der Waals surface area contributed by atoms with Crippen molar-refractivity contribution in [1.29, 1.82) is 0 Å². The molecule has 0 bridgehead atoms. The zero-order valence-corrected chi connectivity index (χ0v) is 36.0. The number of likely N-dealkylation sites (tertiary alicyclic amines) is 2. The minimum Gasteiger partial charge on any atom is -0.472 e. The summed E-state index contributed by atoms with van der Waals surface area (Å²) in [6.45, 7) is 1.47. The first-order valence-corrected chi connectivity index (χ1v) is 21.9. The van der Waals surface area contributed by atoms with Gasteiger partial charge in [-0.15, -0.1) is 0 Å². The van der Waals surface area contributed by atoms with Crippen molar-refractivity contribution in [1.82, 2.24) is 35.0 Å². The lowest BCUT2D eigenvalue weighted by molar-refractivity contribution is -0.135. The fraction of sp³-hybridized carbons (Fsp3) is 0.280. The molecule has 4 atom stereocenters. The van der Waals surface area contributed by atoms with Gasteiger partial charge in [0, 0.05) is 47.9 Å². The minimum absolute atomic E-state index is 0.180. The van der Waals surface area contributed by atoms with Gasteiger partial charge < -0.3 is 44.2 Å². The van der Waals surface area contributed by atoms with Gasteiger partial charge in [0.2, 0.25) is 5.91 Å². The third-order valence-electron chi connectivity index (χ3n) is 13.0. The predicted octanol–water partition coefficient (Wildman–Crippen LogP) is 8.08. The van der Waals surface area contributed by atoms with E-state index in [4.69, 9.17) is 24.2 Å². The van der Waals surface area contributed by atoms with E-state index in [0.717, 1.165) is 81.7 Å². The molecule has 6 aromatic rings. The summed E-state index contributed by atoms with van der Waals surface area (Å²) in [6.07, 6.45) is 6.15. The van der Waals surface area contributed by atoms with Gasteiger partial charge in [-0.05, 0) is 78.3 Å². The molecular formula is C50H48N8O7. The Morgan fingerprint density at radius 3 is 2.05 bits per heavy atom. The number of nitrogens with zero attached hydrogens (tertiary/aromatic N) is 5. The van der Waals surface area contributed by atoms with Crippen molar-refractivity contribution in [2.24, 2.45) is 4.99 Å². The molecule has 4 aliphatic heterocycles. The van der Waals surface area contributed by atoms with Gasteiger partial charge in [-0.1, -0.05) is 72.8 Å². The van der Waals surface area contributed by atoms with E-state index in [1.165, 1.54) is 14.2 Å². The molecule has 2 aromatic heterocycles.